The van der Waals surface area contributed by atoms with Crippen molar-refractivity contribution in [3.63, 3.8) is 0 Å². The van der Waals surface area contributed by atoms with Gasteiger partial charge in [0.25, 0.3) is 0 Å². The molecule has 21 heavy (non-hydrogen) atoms. The third-order valence-corrected chi connectivity index (χ3v) is 3.90. The Balaban J connectivity index is 1.91. The van der Waals surface area contributed by atoms with E-state index in [1.807, 2.05) is 6.07 Å². The van der Waals surface area contributed by atoms with Crippen molar-refractivity contribution >= 4 is 10.8 Å². The van der Waals surface area contributed by atoms with E-state index in [4.69, 9.17) is 14.2 Å². The Hall–Kier alpha value is -1.97. The van der Waals surface area contributed by atoms with E-state index >= 15 is 0 Å². The van der Waals surface area contributed by atoms with Gasteiger partial charge in [-0.3, -0.25) is 0 Å². The lowest BCUT2D eigenvalue weighted by Crippen LogP contribution is -2.32. The number of unbranched alkanes of at least 4 members (excludes halogenated alkanes) is 3. The molecule has 3 rings (SSSR count). The second-order valence-electron chi connectivity index (χ2n) is 5.39. The molecule has 0 aliphatic carbocycles. The molecule has 4 heteroatoms. The lowest BCUT2D eigenvalue weighted by Gasteiger charge is -2.08. The van der Waals surface area contributed by atoms with Crippen molar-refractivity contribution in [2.75, 3.05) is 13.9 Å². The van der Waals surface area contributed by atoms with E-state index in [1.54, 1.807) is 7.11 Å². The van der Waals surface area contributed by atoms with E-state index in [2.05, 4.69) is 30.0 Å². The minimum atomic E-state index is 0.263. The van der Waals surface area contributed by atoms with Gasteiger partial charge in [0.05, 0.1) is 12.5 Å². The molecule has 0 amide bonds. The monoisotopic (exact) mass is 288 g/mol. The van der Waals surface area contributed by atoms with Crippen LogP contribution in [0.5, 0.6) is 17.2 Å². The van der Waals surface area contributed by atoms with Crippen LogP contribution in [0, 0.1) is 0 Å². The van der Waals surface area contributed by atoms with Gasteiger partial charge in [-0.1, -0.05) is 19.8 Å². The Kier molecular flexibility index (Phi) is 4.13. The first-order valence-corrected chi connectivity index (χ1v) is 7.63. The summed E-state index contributed by atoms with van der Waals surface area (Å²) in [5.74, 6) is 2.25. The minimum absolute atomic E-state index is 0.263. The van der Waals surface area contributed by atoms with Crippen molar-refractivity contribution in [3.05, 3.63) is 24.5 Å². The van der Waals surface area contributed by atoms with Crippen LogP contribution < -0.4 is 18.8 Å². The Morgan fingerprint density at radius 1 is 1.24 bits per heavy atom. The van der Waals surface area contributed by atoms with Gasteiger partial charge in [-0.05, 0) is 12.5 Å². The number of pyridine rings is 1. The molecule has 0 spiro atoms. The van der Waals surface area contributed by atoms with E-state index in [-0.39, 0.29) is 6.79 Å². The van der Waals surface area contributed by atoms with Crippen LogP contribution in [-0.4, -0.2) is 13.9 Å². The van der Waals surface area contributed by atoms with Crippen molar-refractivity contribution < 1.29 is 18.8 Å². The summed E-state index contributed by atoms with van der Waals surface area (Å²) in [6.07, 6.45) is 9.31. The van der Waals surface area contributed by atoms with Crippen LogP contribution in [0.1, 0.15) is 32.6 Å². The van der Waals surface area contributed by atoms with E-state index in [1.165, 1.54) is 25.7 Å². The van der Waals surface area contributed by atoms with Gasteiger partial charge >= 0.3 is 0 Å². The second kappa shape index (κ2) is 6.20. The van der Waals surface area contributed by atoms with Gasteiger partial charge in [0, 0.05) is 17.9 Å². The summed E-state index contributed by atoms with van der Waals surface area (Å²) in [4.78, 5) is 0. The summed E-state index contributed by atoms with van der Waals surface area (Å²) in [7, 11) is 1.68. The van der Waals surface area contributed by atoms with Crippen molar-refractivity contribution in [2.24, 2.45) is 0 Å². The van der Waals surface area contributed by atoms with Gasteiger partial charge < -0.3 is 14.2 Å². The second-order valence-corrected chi connectivity index (χ2v) is 5.39. The first kappa shape index (κ1) is 14.0. The summed E-state index contributed by atoms with van der Waals surface area (Å²) in [6, 6.07) is 4.13. The molecular formula is C17H22NO3+. The van der Waals surface area contributed by atoms with Crippen LogP contribution in [-0.2, 0) is 6.54 Å². The van der Waals surface area contributed by atoms with Crippen molar-refractivity contribution in [3.8, 4) is 17.2 Å². The van der Waals surface area contributed by atoms with Gasteiger partial charge in [-0.2, -0.15) is 0 Å². The van der Waals surface area contributed by atoms with E-state index in [0.29, 0.717) is 5.75 Å². The molecule has 2 heterocycles. The van der Waals surface area contributed by atoms with Gasteiger partial charge in [-0.15, -0.1) is 0 Å². The average Bonchev–Trinajstić information content (AvgIpc) is 2.97. The summed E-state index contributed by atoms with van der Waals surface area (Å²) in [5.41, 5.74) is 0. The number of hydrogen-bond acceptors (Lipinski definition) is 3. The smallest absolute Gasteiger partial charge is 0.231 e. The number of rotatable bonds is 6. The van der Waals surface area contributed by atoms with Gasteiger partial charge in [-0.25, -0.2) is 4.57 Å². The van der Waals surface area contributed by atoms with Crippen LogP contribution in [0.2, 0.25) is 0 Å². The molecule has 0 saturated heterocycles. The first-order valence-electron chi connectivity index (χ1n) is 7.63. The van der Waals surface area contributed by atoms with E-state index < -0.39 is 0 Å². The third-order valence-electron chi connectivity index (χ3n) is 3.90. The fraction of sp³-hybridized carbons (Fsp3) is 0.471. The zero-order valence-corrected chi connectivity index (χ0v) is 12.7. The highest BCUT2D eigenvalue weighted by molar-refractivity contribution is 5.92. The lowest BCUT2D eigenvalue weighted by atomic mass is 10.1. The standard InChI is InChI=1S/C17H22NO3/c1-3-4-5-6-8-18-9-7-13-10-15-17(21-12-20-15)16(19-2)14(13)11-18/h7,9-11H,3-6,8,12H2,1-2H3/q+1. The maximum atomic E-state index is 5.55. The summed E-state index contributed by atoms with van der Waals surface area (Å²) in [5, 5.41) is 2.18. The Morgan fingerprint density at radius 2 is 2.14 bits per heavy atom. The number of benzene rings is 1. The third kappa shape index (κ3) is 2.75. The Morgan fingerprint density at radius 3 is 2.95 bits per heavy atom. The van der Waals surface area contributed by atoms with E-state index in [9.17, 15) is 0 Å². The number of fused-ring (bicyclic) bond motifs is 2. The fourth-order valence-electron chi connectivity index (χ4n) is 2.76. The maximum Gasteiger partial charge on any atom is 0.231 e. The molecule has 112 valence electrons. The van der Waals surface area contributed by atoms with E-state index in [0.717, 1.165) is 28.8 Å². The van der Waals surface area contributed by atoms with Gasteiger partial charge in [0.1, 0.15) is 6.54 Å². The number of hydrogen-bond donors (Lipinski definition) is 0. The van der Waals surface area contributed by atoms with Gasteiger partial charge in [0.15, 0.2) is 23.9 Å². The topological polar surface area (TPSA) is 31.6 Å². The molecule has 1 aromatic carbocycles. The quantitative estimate of drug-likeness (QED) is 0.603. The zero-order valence-electron chi connectivity index (χ0n) is 12.7. The van der Waals surface area contributed by atoms with Crippen molar-refractivity contribution in [2.45, 2.75) is 39.2 Å². The normalized spacial score (nSPS) is 12.9. The molecule has 1 aliphatic heterocycles. The maximum absolute atomic E-state index is 5.55. The number of nitrogens with zero attached hydrogens (tertiary/aromatic N) is 1. The SMILES string of the molecule is CCCCCC[n+]1ccc2cc3c(c(OC)c2c1)OCO3. The molecular weight excluding hydrogens is 266 g/mol. The van der Waals surface area contributed by atoms with Crippen molar-refractivity contribution in [1.29, 1.82) is 0 Å². The molecule has 0 bridgehead atoms. The van der Waals surface area contributed by atoms with Crippen LogP contribution in [0.4, 0.5) is 0 Å². The highest BCUT2D eigenvalue weighted by atomic mass is 16.7. The average molecular weight is 288 g/mol. The molecule has 4 nitrogen and oxygen atoms in total. The molecule has 1 aromatic heterocycles. The summed E-state index contributed by atoms with van der Waals surface area (Å²) in [6.45, 7) is 3.53. The number of aromatic nitrogens is 1. The molecule has 0 fully saturated rings. The minimum Gasteiger partial charge on any atom is -0.492 e. The first-order chi connectivity index (χ1) is 10.3. The summed E-state index contributed by atoms with van der Waals surface area (Å²) < 4.78 is 18.8. The van der Waals surface area contributed by atoms with Crippen LogP contribution >= 0.6 is 0 Å². The Bertz CT molecular complexity index is 639. The predicted octanol–water partition coefficient (Wildman–Crippen LogP) is 3.44. The highest BCUT2D eigenvalue weighted by Gasteiger charge is 2.23. The molecule has 1 aliphatic rings. The number of aryl methyl sites for hydroxylation is 1. The molecule has 0 radical (unpaired) electrons. The summed E-state index contributed by atoms with van der Waals surface area (Å²) >= 11 is 0. The molecule has 2 aromatic rings. The predicted molar refractivity (Wildman–Crippen MR) is 81.0 cm³/mol. The Labute approximate surface area is 125 Å². The number of methoxy groups -OCH3 is 1. The molecule has 0 saturated carbocycles. The fourth-order valence-corrected chi connectivity index (χ4v) is 2.76. The lowest BCUT2D eigenvalue weighted by molar-refractivity contribution is -0.696. The van der Waals surface area contributed by atoms with Crippen LogP contribution in [0.15, 0.2) is 24.5 Å². The molecule has 0 atom stereocenters. The van der Waals surface area contributed by atoms with Crippen LogP contribution in [0.25, 0.3) is 10.8 Å². The molecule has 0 unspecified atom stereocenters. The van der Waals surface area contributed by atoms with Crippen LogP contribution in [0.3, 0.4) is 0 Å². The van der Waals surface area contributed by atoms with Gasteiger partial charge in [0.2, 0.25) is 12.5 Å². The molecule has 0 N–H and O–H groups in total. The number of ether oxygens (including phenoxy) is 3. The highest BCUT2D eigenvalue weighted by Crippen LogP contribution is 2.45. The zero-order chi connectivity index (χ0) is 14.7. The largest absolute Gasteiger partial charge is 0.492 e. The van der Waals surface area contributed by atoms with Crippen molar-refractivity contribution in [1.82, 2.24) is 0 Å².